The van der Waals surface area contributed by atoms with Crippen molar-refractivity contribution in [3.8, 4) is 11.1 Å². The number of rotatable bonds is 3. The molecular formula is C32H31BO2. The summed E-state index contributed by atoms with van der Waals surface area (Å²) < 4.78 is 12.9. The maximum absolute atomic E-state index is 6.43. The van der Waals surface area contributed by atoms with Crippen LogP contribution in [0.25, 0.3) is 38.2 Å². The van der Waals surface area contributed by atoms with E-state index in [1.807, 2.05) is 0 Å². The van der Waals surface area contributed by atoms with Crippen molar-refractivity contribution in [1.82, 2.24) is 0 Å². The Bertz CT molecular complexity index is 1480. The summed E-state index contributed by atoms with van der Waals surface area (Å²) in [5.41, 5.74) is 5.41. The first-order chi connectivity index (χ1) is 16.9. The summed E-state index contributed by atoms with van der Waals surface area (Å²) >= 11 is 0. The highest BCUT2D eigenvalue weighted by Gasteiger charge is 2.51. The molecule has 6 rings (SSSR count). The van der Waals surface area contributed by atoms with Crippen molar-refractivity contribution in [2.45, 2.75) is 51.7 Å². The molecule has 1 heterocycles. The van der Waals surface area contributed by atoms with E-state index in [9.17, 15) is 0 Å². The largest absolute Gasteiger partial charge is 0.494 e. The van der Waals surface area contributed by atoms with Crippen molar-refractivity contribution in [2.75, 3.05) is 0 Å². The molecule has 0 N–H and O–H groups in total. The molecule has 0 aromatic heterocycles. The highest BCUT2D eigenvalue weighted by atomic mass is 16.7. The van der Waals surface area contributed by atoms with Crippen molar-refractivity contribution in [3.05, 3.63) is 96.6 Å². The third-order valence-corrected chi connectivity index (χ3v) is 7.92. The fourth-order valence-electron chi connectivity index (χ4n) is 5.35. The number of allylic oxidation sites excluding steroid dienone is 4. The van der Waals surface area contributed by atoms with E-state index in [0.717, 1.165) is 18.3 Å². The quantitative estimate of drug-likeness (QED) is 0.231. The summed E-state index contributed by atoms with van der Waals surface area (Å²) in [6.45, 7) is 8.43. The predicted octanol–water partition coefficient (Wildman–Crippen LogP) is 7.69. The molecule has 35 heavy (non-hydrogen) atoms. The second kappa shape index (κ2) is 8.22. The minimum Gasteiger partial charge on any atom is -0.399 e. The fourth-order valence-corrected chi connectivity index (χ4v) is 5.35. The van der Waals surface area contributed by atoms with Gasteiger partial charge in [-0.15, -0.1) is 0 Å². The minimum atomic E-state index is -0.392. The lowest BCUT2D eigenvalue weighted by atomic mass is 9.76. The first-order valence-corrected chi connectivity index (χ1v) is 12.6. The molecule has 0 atom stereocenters. The highest BCUT2D eigenvalue weighted by molar-refractivity contribution is 6.62. The summed E-state index contributed by atoms with van der Waals surface area (Å²) in [7, 11) is -0.392. The monoisotopic (exact) mass is 458 g/mol. The lowest BCUT2D eigenvalue weighted by molar-refractivity contribution is 0.00578. The van der Waals surface area contributed by atoms with Gasteiger partial charge in [0.1, 0.15) is 0 Å². The van der Waals surface area contributed by atoms with Crippen LogP contribution < -0.4 is 5.46 Å². The Morgan fingerprint density at radius 3 is 1.94 bits per heavy atom. The second-order valence-corrected chi connectivity index (χ2v) is 10.7. The molecule has 0 saturated carbocycles. The third kappa shape index (κ3) is 3.66. The van der Waals surface area contributed by atoms with Crippen LogP contribution >= 0.6 is 0 Å². The minimum absolute atomic E-state index is 0.374. The van der Waals surface area contributed by atoms with E-state index in [4.69, 9.17) is 9.31 Å². The van der Waals surface area contributed by atoms with Crippen LogP contribution in [0.15, 0.2) is 91.0 Å². The van der Waals surface area contributed by atoms with Gasteiger partial charge in [0.05, 0.1) is 11.2 Å². The molecule has 4 aromatic carbocycles. The van der Waals surface area contributed by atoms with Crippen LogP contribution in [0.1, 0.15) is 46.1 Å². The van der Waals surface area contributed by atoms with Gasteiger partial charge in [0.25, 0.3) is 0 Å². The summed E-state index contributed by atoms with van der Waals surface area (Å²) in [6.07, 6.45) is 9.14. The molecule has 0 spiro atoms. The molecule has 0 amide bonds. The van der Waals surface area contributed by atoms with Crippen molar-refractivity contribution < 1.29 is 9.31 Å². The maximum atomic E-state index is 6.43. The smallest absolute Gasteiger partial charge is 0.399 e. The highest BCUT2D eigenvalue weighted by Crippen LogP contribution is 2.43. The zero-order valence-electron chi connectivity index (χ0n) is 21.0. The molecule has 1 aliphatic carbocycles. The van der Waals surface area contributed by atoms with Crippen molar-refractivity contribution in [2.24, 2.45) is 0 Å². The van der Waals surface area contributed by atoms with E-state index in [-0.39, 0.29) is 11.2 Å². The van der Waals surface area contributed by atoms with E-state index in [1.165, 1.54) is 43.8 Å². The van der Waals surface area contributed by atoms with Gasteiger partial charge in [-0.25, -0.2) is 0 Å². The Labute approximate surface area is 208 Å². The second-order valence-electron chi connectivity index (χ2n) is 10.7. The van der Waals surface area contributed by atoms with Gasteiger partial charge in [-0.2, -0.15) is 0 Å². The maximum Gasteiger partial charge on any atom is 0.494 e. The van der Waals surface area contributed by atoms with E-state index in [0.29, 0.717) is 0 Å². The molecular weight excluding hydrogens is 427 g/mol. The zero-order chi connectivity index (χ0) is 24.2. The molecule has 2 nitrogen and oxygen atoms in total. The van der Waals surface area contributed by atoms with Gasteiger partial charge in [0.2, 0.25) is 0 Å². The van der Waals surface area contributed by atoms with Crippen LogP contribution in [0, 0.1) is 0 Å². The Morgan fingerprint density at radius 2 is 1.29 bits per heavy atom. The van der Waals surface area contributed by atoms with Gasteiger partial charge in [-0.1, -0.05) is 91.0 Å². The van der Waals surface area contributed by atoms with E-state index in [1.54, 1.807) is 0 Å². The van der Waals surface area contributed by atoms with Crippen molar-refractivity contribution in [1.29, 1.82) is 0 Å². The van der Waals surface area contributed by atoms with Crippen LogP contribution in [0.3, 0.4) is 0 Å². The molecule has 4 aromatic rings. The zero-order valence-corrected chi connectivity index (χ0v) is 21.0. The van der Waals surface area contributed by atoms with Gasteiger partial charge in [-0.3, -0.25) is 0 Å². The van der Waals surface area contributed by atoms with Crippen LogP contribution in [0.2, 0.25) is 0 Å². The summed E-state index contributed by atoms with van der Waals surface area (Å²) in [6, 6.07) is 26.3. The van der Waals surface area contributed by atoms with E-state index >= 15 is 0 Å². The van der Waals surface area contributed by atoms with Gasteiger partial charge in [0.15, 0.2) is 0 Å². The first kappa shape index (κ1) is 22.3. The molecule has 174 valence electrons. The Morgan fingerprint density at radius 1 is 0.657 bits per heavy atom. The summed E-state index contributed by atoms with van der Waals surface area (Å²) in [5.74, 6) is 0. The number of fused-ring (bicyclic) bond motifs is 2. The lowest BCUT2D eigenvalue weighted by Gasteiger charge is -2.32. The van der Waals surface area contributed by atoms with Crippen LogP contribution in [-0.4, -0.2) is 18.3 Å². The lowest BCUT2D eigenvalue weighted by Crippen LogP contribution is -2.41. The van der Waals surface area contributed by atoms with E-state index in [2.05, 4.69) is 119 Å². The molecule has 1 aliphatic heterocycles. The normalized spacial score (nSPS) is 18.9. The van der Waals surface area contributed by atoms with Crippen LogP contribution in [0.5, 0.6) is 0 Å². The molecule has 0 radical (unpaired) electrons. The number of benzene rings is 4. The van der Waals surface area contributed by atoms with E-state index < -0.39 is 7.12 Å². The molecule has 3 heteroatoms. The van der Waals surface area contributed by atoms with Gasteiger partial charge < -0.3 is 9.31 Å². The Balaban J connectivity index is 1.67. The number of hydrogen-bond acceptors (Lipinski definition) is 2. The first-order valence-electron chi connectivity index (χ1n) is 12.6. The predicted molar refractivity (Wildman–Crippen MR) is 149 cm³/mol. The fraction of sp³-hybridized carbons (Fsp3) is 0.250. The van der Waals surface area contributed by atoms with Gasteiger partial charge >= 0.3 is 7.12 Å². The number of hydrogen-bond donors (Lipinski definition) is 0. The molecule has 1 saturated heterocycles. The van der Waals surface area contributed by atoms with Crippen LogP contribution in [-0.2, 0) is 9.31 Å². The van der Waals surface area contributed by atoms with Crippen molar-refractivity contribution in [3.63, 3.8) is 0 Å². The van der Waals surface area contributed by atoms with Crippen molar-refractivity contribution >= 4 is 39.7 Å². The molecule has 0 bridgehead atoms. The third-order valence-electron chi connectivity index (χ3n) is 7.92. The molecule has 0 unspecified atom stereocenters. The summed E-state index contributed by atoms with van der Waals surface area (Å²) in [5, 5.41) is 5.06. The van der Waals surface area contributed by atoms with Gasteiger partial charge in [-0.05, 0) is 89.8 Å². The Hall–Kier alpha value is -3.14. The molecule has 1 fully saturated rings. The standard InChI is InChI=1S/C32H31BO2/c1-31(2)32(3,4)35-33(34-31)24-19-20-27-28(21-24)30(23-15-9-6-10-16-23)26-18-12-11-17-25(26)29(27)22-13-7-5-8-14-22/h6-7,9-21H,5,8H2,1-4H3. The average molecular weight is 458 g/mol. The molecule has 2 aliphatic rings. The van der Waals surface area contributed by atoms with Crippen LogP contribution in [0.4, 0.5) is 0 Å². The summed E-state index contributed by atoms with van der Waals surface area (Å²) in [4.78, 5) is 0. The Kier molecular flexibility index (Phi) is 5.25. The SMILES string of the molecule is CC1(C)OB(c2ccc3c(C4=CCCC=C4)c4ccccc4c(-c4ccccc4)c3c2)OC1(C)C. The topological polar surface area (TPSA) is 18.5 Å². The average Bonchev–Trinajstić information content (AvgIpc) is 3.09. The van der Waals surface area contributed by atoms with Gasteiger partial charge in [0, 0.05) is 0 Å².